The zero-order valence-corrected chi connectivity index (χ0v) is 6.63. The van der Waals surface area contributed by atoms with E-state index in [9.17, 15) is 10.1 Å². The number of allylic oxidation sites excluding steroid dienone is 3. The molecule has 0 aromatic carbocycles. The summed E-state index contributed by atoms with van der Waals surface area (Å²) < 4.78 is 0. The second-order valence-corrected chi connectivity index (χ2v) is 2.78. The smallest absolute Gasteiger partial charge is 0.253 e. The van der Waals surface area contributed by atoms with Crippen LogP contribution in [0.5, 0.6) is 0 Å². The number of nitro groups is 1. The first kappa shape index (κ1) is 7.98. The van der Waals surface area contributed by atoms with Gasteiger partial charge in [0.25, 0.3) is 5.70 Å². The largest absolute Gasteiger partial charge is 0.259 e. The minimum absolute atomic E-state index is 0.246. The molecule has 3 nitrogen and oxygen atoms in total. The van der Waals surface area contributed by atoms with Gasteiger partial charge in [-0.1, -0.05) is 11.6 Å². The molecule has 0 fully saturated rings. The maximum absolute atomic E-state index is 10.4. The standard InChI is InChI=1S/C8H10NO2/c1-6-3-4-8(9(10)11)7(2)5-6/h3-4H,5H2,1-2H3. The predicted molar refractivity (Wildman–Crippen MR) is 42.4 cm³/mol. The van der Waals surface area contributed by atoms with Gasteiger partial charge in [-0.25, -0.2) is 0 Å². The topological polar surface area (TPSA) is 43.1 Å². The second-order valence-electron chi connectivity index (χ2n) is 2.78. The summed E-state index contributed by atoms with van der Waals surface area (Å²) in [6.45, 7) is 3.77. The van der Waals surface area contributed by atoms with E-state index in [0.29, 0.717) is 0 Å². The maximum Gasteiger partial charge on any atom is 0.253 e. The van der Waals surface area contributed by atoms with Gasteiger partial charge in [0, 0.05) is 5.57 Å². The number of nitrogens with zero attached hydrogens (tertiary/aromatic N) is 1. The molecule has 11 heavy (non-hydrogen) atoms. The third-order valence-electron chi connectivity index (χ3n) is 1.70. The molecule has 0 spiro atoms. The molecule has 1 aliphatic carbocycles. The van der Waals surface area contributed by atoms with Gasteiger partial charge in [-0.05, 0) is 20.3 Å². The molecule has 0 aromatic heterocycles. The van der Waals surface area contributed by atoms with E-state index in [4.69, 9.17) is 0 Å². The third kappa shape index (κ3) is 1.67. The van der Waals surface area contributed by atoms with Crippen LogP contribution in [0.25, 0.3) is 0 Å². The average Bonchev–Trinajstić information content (AvgIpc) is 1.85. The Morgan fingerprint density at radius 3 is 2.64 bits per heavy atom. The van der Waals surface area contributed by atoms with Gasteiger partial charge in [-0.3, -0.25) is 10.1 Å². The van der Waals surface area contributed by atoms with E-state index in [1.807, 2.05) is 6.92 Å². The lowest BCUT2D eigenvalue weighted by molar-refractivity contribution is -0.422. The van der Waals surface area contributed by atoms with Gasteiger partial charge in [-0.15, -0.1) is 0 Å². The first-order valence-corrected chi connectivity index (χ1v) is 3.46. The molecule has 0 aromatic rings. The van der Waals surface area contributed by atoms with Crippen molar-refractivity contribution in [1.29, 1.82) is 0 Å². The van der Waals surface area contributed by atoms with Crippen molar-refractivity contribution in [2.75, 3.05) is 0 Å². The average molecular weight is 152 g/mol. The molecular formula is C8H10NO2. The van der Waals surface area contributed by atoms with E-state index in [2.05, 4.69) is 0 Å². The highest BCUT2D eigenvalue weighted by atomic mass is 16.6. The van der Waals surface area contributed by atoms with Crippen LogP contribution in [0.15, 0.2) is 22.9 Å². The van der Waals surface area contributed by atoms with Crippen LogP contribution in [-0.4, -0.2) is 4.92 Å². The molecule has 1 radical (unpaired) electrons. The first-order chi connectivity index (χ1) is 5.11. The lowest BCUT2D eigenvalue weighted by Crippen LogP contribution is -2.05. The molecule has 0 N–H and O–H groups in total. The quantitative estimate of drug-likeness (QED) is 0.426. The Labute approximate surface area is 65.6 Å². The fourth-order valence-electron chi connectivity index (χ4n) is 1.15. The van der Waals surface area contributed by atoms with Gasteiger partial charge in [0.15, 0.2) is 0 Å². The van der Waals surface area contributed by atoms with Gasteiger partial charge in [0.05, 0.1) is 11.3 Å². The Morgan fingerprint density at radius 2 is 2.18 bits per heavy atom. The fraction of sp³-hybridized carbons (Fsp3) is 0.375. The molecule has 59 valence electrons. The molecule has 0 aliphatic heterocycles. The molecule has 0 unspecified atom stereocenters. The van der Waals surface area contributed by atoms with E-state index in [1.54, 1.807) is 19.4 Å². The van der Waals surface area contributed by atoms with Crippen LogP contribution in [0, 0.1) is 16.5 Å². The van der Waals surface area contributed by atoms with Crippen molar-refractivity contribution >= 4 is 0 Å². The number of hydrogen-bond donors (Lipinski definition) is 0. The van der Waals surface area contributed by atoms with Gasteiger partial charge >= 0.3 is 0 Å². The van der Waals surface area contributed by atoms with Crippen molar-refractivity contribution in [3.63, 3.8) is 0 Å². The monoisotopic (exact) mass is 152 g/mol. The molecule has 0 heterocycles. The van der Waals surface area contributed by atoms with Crippen molar-refractivity contribution in [2.45, 2.75) is 20.3 Å². The predicted octanol–water partition coefficient (Wildman–Crippen LogP) is 2.09. The molecule has 0 amide bonds. The van der Waals surface area contributed by atoms with Crippen LogP contribution >= 0.6 is 0 Å². The van der Waals surface area contributed by atoms with Crippen LogP contribution in [-0.2, 0) is 0 Å². The van der Waals surface area contributed by atoms with E-state index in [1.165, 1.54) is 5.57 Å². The van der Waals surface area contributed by atoms with E-state index < -0.39 is 0 Å². The Balaban J connectivity index is 2.83. The first-order valence-electron chi connectivity index (χ1n) is 3.46. The molecule has 1 aliphatic rings. The van der Waals surface area contributed by atoms with Gasteiger partial charge < -0.3 is 0 Å². The Hall–Kier alpha value is -1.12. The zero-order chi connectivity index (χ0) is 8.43. The Kier molecular flexibility index (Phi) is 2.08. The van der Waals surface area contributed by atoms with Gasteiger partial charge in [0.1, 0.15) is 0 Å². The summed E-state index contributed by atoms with van der Waals surface area (Å²) in [6.07, 6.45) is 4.09. The van der Waals surface area contributed by atoms with Crippen molar-refractivity contribution in [3.05, 3.63) is 39.5 Å². The summed E-state index contributed by atoms with van der Waals surface area (Å²) in [5.41, 5.74) is 2.26. The number of hydrogen-bond acceptors (Lipinski definition) is 2. The van der Waals surface area contributed by atoms with Gasteiger partial charge in [-0.2, -0.15) is 0 Å². The van der Waals surface area contributed by atoms with Crippen LogP contribution in [0.3, 0.4) is 0 Å². The van der Waals surface area contributed by atoms with Crippen molar-refractivity contribution in [2.24, 2.45) is 0 Å². The summed E-state index contributed by atoms with van der Waals surface area (Å²) >= 11 is 0. The SMILES string of the molecule is CC1=C[CH]C([N+](=O)[O-])=C(C)C1. The van der Waals surface area contributed by atoms with Crippen LogP contribution in [0.2, 0.25) is 0 Å². The summed E-state index contributed by atoms with van der Waals surface area (Å²) in [7, 11) is 0. The van der Waals surface area contributed by atoms with Crippen LogP contribution in [0.1, 0.15) is 20.3 Å². The fourth-order valence-corrected chi connectivity index (χ4v) is 1.15. The van der Waals surface area contributed by atoms with E-state index >= 15 is 0 Å². The Morgan fingerprint density at radius 1 is 1.55 bits per heavy atom. The van der Waals surface area contributed by atoms with Crippen LogP contribution < -0.4 is 0 Å². The molecule has 0 saturated carbocycles. The maximum atomic E-state index is 10.4. The minimum atomic E-state index is -0.335. The summed E-state index contributed by atoms with van der Waals surface area (Å²) in [5.74, 6) is 0. The minimum Gasteiger partial charge on any atom is -0.259 e. The van der Waals surface area contributed by atoms with Crippen LogP contribution in [0.4, 0.5) is 0 Å². The lowest BCUT2D eigenvalue weighted by atomic mass is 9.98. The highest BCUT2D eigenvalue weighted by molar-refractivity contribution is 5.31. The highest BCUT2D eigenvalue weighted by Gasteiger charge is 2.17. The second kappa shape index (κ2) is 2.86. The highest BCUT2D eigenvalue weighted by Crippen LogP contribution is 2.22. The molecule has 0 atom stereocenters. The van der Waals surface area contributed by atoms with Crippen molar-refractivity contribution in [1.82, 2.24) is 0 Å². The third-order valence-corrected chi connectivity index (χ3v) is 1.70. The van der Waals surface area contributed by atoms with E-state index in [0.717, 1.165) is 12.0 Å². The van der Waals surface area contributed by atoms with Crippen molar-refractivity contribution < 1.29 is 4.92 Å². The summed E-state index contributed by atoms with van der Waals surface area (Å²) in [5, 5.41) is 10.4. The Bertz CT molecular complexity index is 251. The number of rotatable bonds is 1. The molecular weight excluding hydrogens is 142 g/mol. The molecule has 0 saturated heterocycles. The molecule has 3 heteroatoms. The van der Waals surface area contributed by atoms with Gasteiger partial charge in [0.2, 0.25) is 0 Å². The molecule has 0 bridgehead atoms. The van der Waals surface area contributed by atoms with Crippen molar-refractivity contribution in [3.8, 4) is 0 Å². The summed E-state index contributed by atoms with van der Waals surface area (Å²) in [6, 6.07) is 0. The van der Waals surface area contributed by atoms with E-state index in [-0.39, 0.29) is 10.6 Å². The zero-order valence-electron chi connectivity index (χ0n) is 6.63. The normalized spacial score (nSPS) is 18.2. The lowest BCUT2D eigenvalue weighted by Gasteiger charge is -2.08. The molecule has 1 rings (SSSR count). The summed E-state index contributed by atoms with van der Waals surface area (Å²) in [4.78, 5) is 10.0.